The maximum absolute atomic E-state index is 12.6. The minimum absolute atomic E-state index is 0.171. The fourth-order valence-corrected chi connectivity index (χ4v) is 4.34. The van der Waals surface area contributed by atoms with Gasteiger partial charge < -0.3 is 5.32 Å². The fraction of sp³-hybridized carbons (Fsp3) is 0.154. The molecule has 1 N–H and O–H groups in total. The van der Waals surface area contributed by atoms with E-state index in [1.165, 1.54) is 17.3 Å². The van der Waals surface area contributed by atoms with Crippen molar-refractivity contribution in [2.24, 2.45) is 0 Å². The number of aryl methyl sites for hydroxylation is 2. The minimum Gasteiger partial charge on any atom is -0.325 e. The first kappa shape index (κ1) is 22.3. The van der Waals surface area contributed by atoms with Crippen LogP contribution in [0, 0.1) is 25.2 Å². The summed E-state index contributed by atoms with van der Waals surface area (Å²) in [5.74, 6) is 0.818. The van der Waals surface area contributed by atoms with Crippen molar-refractivity contribution in [1.82, 2.24) is 14.8 Å². The highest BCUT2D eigenvalue weighted by Crippen LogP contribution is 2.26. The van der Waals surface area contributed by atoms with Crippen LogP contribution in [0.5, 0.6) is 0 Å². The first-order chi connectivity index (χ1) is 16.0. The predicted molar refractivity (Wildman–Crippen MR) is 131 cm³/mol. The highest BCUT2D eigenvalue weighted by atomic mass is 32.2. The van der Waals surface area contributed by atoms with Crippen LogP contribution in [0.3, 0.4) is 0 Å². The SMILES string of the molecule is Cc1ccc(-n2c(Cc3ccccc3)nnc2SCC(=O)Nc2cccc(C#N)c2)c(C)c1. The molecule has 164 valence electrons. The zero-order valence-corrected chi connectivity index (χ0v) is 19.3. The van der Waals surface area contributed by atoms with Gasteiger partial charge in [0, 0.05) is 12.1 Å². The Kier molecular flexibility index (Phi) is 6.86. The molecule has 3 aromatic carbocycles. The van der Waals surface area contributed by atoms with E-state index in [9.17, 15) is 4.79 Å². The Hall–Kier alpha value is -3.89. The summed E-state index contributed by atoms with van der Waals surface area (Å²) < 4.78 is 2.04. The van der Waals surface area contributed by atoms with Gasteiger partial charge in [-0.05, 0) is 49.2 Å². The first-order valence-electron chi connectivity index (χ1n) is 10.5. The molecule has 0 saturated heterocycles. The van der Waals surface area contributed by atoms with Crippen LogP contribution in [-0.2, 0) is 11.2 Å². The summed E-state index contributed by atoms with van der Waals surface area (Å²) in [6, 6.07) is 25.3. The van der Waals surface area contributed by atoms with Crippen molar-refractivity contribution >= 4 is 23.4 Å². The van der Waals surface area contributed by atoms with Crippen LogP contribution in [0.1, 0.15) is 28.1 Å². The molecule has 0 aliphatic heterocycles. The molecule has 4 aromatic rings. The van der Waals surface area contributed by atoms with E-state index in [2.05, 4.69) is 65.8 Å². The van der Waals surface area contributed by atoms with Gasteiger partial charge in [-0.3, -0.25) is 9.36 Å². The summed E-state index contributed by atoms with van der Waals surface area (Å²) in [6.07, 6.45) is 0.634. The molecule has 1 aromatic heterocycles. The summed E-state index contributed by atoms with van der Waals surface area (Å²) in [7, 11) is 0. The molecular formula is C26H23N5OS. The second-order valence-corrected chi connectivity index (χ2v) is 8.66. The Bertz CT molecular complexity index is 1320. The van der Waals surface area contributed by atoms with Gasteiger partial charge in [-0.25, -0.2) is 0 Å². The smallest absolute Gasteiger partial charge is 0.234 e. The lowest BCUT2D eigenvalue weighted by atomic mass is 10.1. The van der Waals surface area contributed by atoms with Crippen molar-refractivity contribution in [3.63, 3.8) is 0 Å². The minimum atomic E-state index is -0.171. The molecule has 0 spiro atoms. The van der Waals surface area contributed by atoms with Crippen LogP contribution in [0.2, 0.25) is 0 Å². The number of amides is 1. The Morgan fingerprint density at radius 1 is 1.03 bits per heavy atom. The van der Waals surface area contributed by atoms with Crippen molar-refractivity contribution in [2.45, 2.75) is 25.4 Å². The molecule has 1 amide bonds. The molecule has 0 fully saturated rings. The molecule has 0 unspecified atom stereocenters. The van der Waals surface area contributed by atoms with Crippen LogP contribution in [0.25, 0.3) is 5.69 Å². The van der Waals surface area contributed by atoms with Crippen LogP contribution < -0.4 is 5.32 Å². The number of nitrogens with one attached hydrogen (secondary N) is 1. The molecule has 1 heterocycles. The Labute approximate surface area is 197 Å². The third kappa shape index (κ3) is 5.48. The molecule has 0 bridgehead atoms. The number of nitrogens with zero attached hydrogens (tertiary/aromatic N) is 4. The molecule has 0 aliphatic carbocycles. The van der Waals surface area contributed by atoms with E-state index >= 15 is 0 Å². The number of rotatable bonds is 7. The van der Waals surface area contributed by atoms with Crippen molar-refractivity contribution in [2.75, 3.05) is 11.1 Å². The molecular weight excluding hydrogens is 430 g/mol. The highest BCUT2D eigenvalue weighted by molar-refractivity contribution is 7.99. The van der Waals surface area contributed by atoms with Gasteiger partial charge in [0.15, 0.2) is 5.16 Å². The van der Waals surface area contributed by atoms with E-state index in [1.807, 2.05) is 22.8 Å². The van der Waals surface area contributed by atoms with Gasteiger partial charge in [0.1, 0.15) is 5.82 Å². The van der Waals surface area contributed by atoms with E-state index in [0.29, 0.717) is 22.8 Å². The molecule has 7 heteroatoms. The molecule has 33 heavy (non-hydrogen) atoms. The largest absolute Gasteiger partial charge is 0.325 e. The van der Waals surface area contributed by atoms with E-state index in [1.54, 1.807) is 24.3 Å². The molecule has 0 saturated carbocycles. The summed E-state index contributed by atoms with van der Waals surface area (Å²) >= 11 is 1.34. The van der Waals surface area contributed by atoms with Gasteiger partial charge in [-0.15, -0.1) is 10.2 Å². The third-order valence-electron chi connectivity index (χ3n) is 5.11. The maximum atomic E-state index is 12.6. The standard InChI is InChI=1S/C26H23N5OS/c1-18-11-12-23(19(2)13-18)31-24(15-20-7-4-3-5-8-20)29-30-26(31)33-17-25(32)28-22-10-6-9-21(14-22)16-27/h3-14H,15,17H2,1-2H3,(H,28,32). The van der Waals surface area contributed by atoms with Gasteiger partial charge in [-0.1, -0.05) is 65.9 Å². The zero-order chi connectivity index (χ0) is 23.2. The summed E-state index contributed by atoms with van der Waals surface area (Å²) in [5, 5.41) is 21.4. The Morgan fingerprint density at radius 3 is 2.61 bits per heavy atom. The number of benzene rings is 3. The van der Waals surface area contributed by atoms with Gasteiger partial charge in [0.2, 0.25) is 5.91 Å². The molecule has 6 nitrogen and oxygen atoms in total. The molecule has 0 radical (unpaired) electrons. The summed E-state index contributed by atoms with van der Waals surface area (Å²) in [6.45, 7) is 4.13. The average molecular weight is 454 g/mol. The number of anilines is 1. The first-order valence-corrected chi connectivity index (χ1v) is 11.5. The zero-order valence-electron chi connectivity index (χ0n) is 18.4. The summed E-state index contributed by atoms with van der Waals surface area (Å²) in [4.78, 5) is 12.6. The van der Waals surface area contributed by atoms with Crippen molar-refractivity contribution < 1.29 is 4.79 Å². The molecule has 4 rings (SSSR count). The van der Waals surface area contributed by atoms with E-state index in [4.69, 9.17) is 5.26 Å². The normalized spacial score (nSPS) is 10.6. The second-order valence-electron chi connectivity index (χ2n) is 7.72. The van der Waals surface area contributed by atoms with Gasteiger partial charge in [0.25, 0.3) is 0 Å². The van der Waals surface area contributed by atoms with E-state index in [0.717, 1.165) is 22.6 Å². The Morgan fingerprint density at radius 2 is 1.85 bits per heavy atom. The van der Waals surface area contributed by atoms with Crippen LogP contribution in [0.4, 0.5) is 5.69 Å². The van der Waals surface area contributed by atoms with Crippen molar-refractivity contribution in [3.8, 4) is 11.8 Å². The quantitative estimate of drug-likeness (QED) is 0.395. The monoisotopic (exact) mass is 453 g/mol. The number of hydrogen-bond acceptors (Lipinski definition) is 5. The van der Waals surface area contributed by atoms with E-state index < -0.39 is 0 Å². The van der Waals surface area contributed by atoms with Crippen LogP contribution in [-0.4, -0.2) is 26.4 Å². The molecule has 0 aliphatic rings. The number of carbonyl (C=O) groups is 1. The number of nitriles is 1. The van der Waals surface area contributed by atoms with Crippen LogP contribution >= 0.6 is 11.8 Å². The number of thioether (sulfide) groups is 1. The third-order valence-corrected chi connectivity index (χ3v) is 6.04. The lowest BCUT2D eigenvalue weighted by Crippen LogP contribution is -2.15. The number of carbonyl (C=O) groups excluding carboxylic acids is 1. The summed E-state index contributed by atoms with van der Waals surface area (Å²) in [5.41, 5.74) is 5.54. The lowest BCUT2D eigenvalue weighted by Gasteiger charge is -2.14. The van der Waals surface area contributed by atoms with Gasteiger partial charge >= 0.3 is 0 Å². The maximum Gasteiger partial charge on any atom is 0.234 e. The topological polar surface area (TPSA) is 83.6 Å². The lowest BCUT2D eigenvalue weighted by molar-refractivity contribution is -0.113. The van der Waals surface area contributed by atoms with E-state index in [-0.39, 0.29) is 11.7 Å². The van der Waals surface area contributed by atoms with Crippen molar-refractivity contribution in [1.29, 1.82) is 5.26 Å². The van der Waals surface area contributed by atoms with Gasteiger partial charge in [0.05, 0.1) is 23.1 Å². The second kappa shape index (κ2) is 10.2. The predicted octanol–water partition coefficient (Wildman–Crippen LogP) is 5.08. The fourth-order valence-electron chi connectivity index (χ4n) is 3.58. The van der Waals surface area contributed by atoms with Gasteiger partial charge in [-0.2, -0.15) is 5.26 Å². The number of hydrogen-bond donors (Lipinski definition) is 1. The Balaban J connectivity index is 1.58. The average Bonchev–Trinajstić information content (AvgIpc) is 3.20. The number of aromatic nitrogens is 3. The highest BCUT2D eigenvalue weighted by Gasteiger charge is 2.18. The van der Waals surface area contributed by atoms with Crippen LogP contribution in [0.15, 0.2) is 78.0 Å². The van der Waals surface area contributed by atoms with Crippen molar-refractivity contribution in [3.05, 3.63) is 101 Å². The molecule has 0 atom stereocenters.